The van der Waals surface area contributed by atoms with Gasteiger partial charge < -0.3 is 0 Å². The first-order valence-corrected chi connectivity index (χ1v) is 5.90. The van der Waals surface area contributed by atoms with Gasteiger partial charge in [-0.1, -0.05) is 35.3 Å². The Morgan fingerprint density at radius 3 is 2.57 bits per heavy atom. The van der Waals surface area contributed by atoms with Crippen LogP contribution in [0.4, 0.5) is 0 Å². The molecule has 0 unspecified atom stereocenters. The maximum absolute atomic E-state index is 10.6. The highest BCUT2D eigenvalue weighted by Crippen LogP contribution is 2.25. The first-order chi connectivity index (χ1) is 6.40. The second-order valence-corrected chi connectivity index (χ2v) is 4.74. The molecule has 0 fully saturated rings. The predicted octanol–water partition coefficient (Wildman–Crippen LogP) is 1.29. The van der Waals surface area contributed by atoms with Gasteiger partial charge in [0, 0.05) is 6.54 Å². The Morgan fingerprint density at radius 1 is 1.36 bits per heavy atom. The van der Waals surface area contributed by atoms with E-state index in [1.807, 2.05) is 0 Å². The standard InChI is InChI=1S/C7H8Cl2N2O2S/c8-6-3-1-2-5(7(6)9)4-11-14(10,12)13/h1-3,11H,4H2,(H2,10,12,13). The molecule has 1 aromatic carbocycles. The molecule has 0 amide bonds. The van der Waals surface area contributed by atoms with Gasteiger partial charge in [-0.2, -0.15) is 13.1 Å². The lowest BCUT2D eigenvalue weighted by Crippen LogP contribution is -2.30. The maximum atomic E-state index is 10.6. The summed E-state index contributed by atoms with van der Waals surface area (Å²) in [4.78, 5) is 0. The molecule has 78 valence electrons. The van der Waals surface area contributed by atoms with E-state index in [0.29, 0.717) is 15.6 Å². The molecule has 0 spiro atoms. The van der Waals surface area contributed by atoms with E-state index in [9.17, 15) is 8.42 Å². The highest BCUT2D eigenvalue weighted by Gasteiger charge is 2.06. The van der Waals surface area contributed by atoms with Crippen LogP contribution in [0.25, 0.3) is 0 Å². The number of halogens is 2. The van der Waals surface area contributed by atoms with Crippen molar-refractivity contribution in [3.8, 4) is 0 Å². The fraction of sp³-hybridized carbons (Fsp3) is 0.143. The molecule has 3 N–H and O–H groups in total. The van der Waals surface area contributed by atoms with Crippen molar-refractivity contribution in [2.45, 2.75) is 6.54 Å². The minimum atomic E-state index is -3.70. The summed E-state index contributed by atoms with van der Waals surface area (Å²) in [6, 6.07) is 4.95. The SMILES string of the molecule is NS(=O)(=O)NCc1cccc(Cl)c1Cl. The molecule has 4 nitrogen and oxygen atoms in total. The second kappa shape index (κ2) is 4.46. The van der Waals surface area contributed by atoms with E-state index < -0.39 is 10.2 Å². The van der Waals surface area contributed by atoms with Gasteiger partial charge in [-0.25, -0.2) is 5.14 Å². The lowest BCUT2D eigenvalue weighted by atomic mass is 10.2. The summed E-state index contributed by atoms with van der Waals surface area (Å²) in [7, 11) is -3.70. The summed E-state index contributed by atoms with van der Waals surface area (Å²) < 4.78 is 23.3. The Hall–Kier alpha value is -0.330. The normalized spacial score (nSPS) is 11.6. The molecule has 14 heavy (non-hydrogen) atoms. The average molecular weight is 255 g/mol. The molecule has 0 heterocycles. The van der Waals surface area contributed by atoms with E-state index in [-0.39, 0.29) is 6.54 Å². The molecule has 1 aromatic rings. The van der Waals surface area contributed by atoms with Gasteiger partial charge in [-0.05, 0) is 11.6 Å². The third kappa shape index (κ3) is 3.43. The zero-order valence-electron chi connectivity index (χ0n) is 7.00. The molecule has 0 aromatic heterocycles. The zero-order valence-corrected chi connectivity index (χ0v) is 9.33. The number of hydrogen-bond acceptors (Lipinski definition) is 2. The molecular formula is C7H8Cl2N2O2S. The zero-order chi connectivity index (χ0) is 10.8. The maximum Gasteiger partial charge on any atom is 0.274 e. The van der Waals surface area contributed by atoms with Crippen molar-refractivity contribution in [3.63, 3.8) is 0 Å². The molecule has 0 saturated heterocycles. The van der Waals surface area contributed by atoms with Crippen molar-refractivity contribution in [2.75, 3.05) is 0 Å². The molecule has 0 atom stereocenters. The Labute approximate surface area is 92.2 Å². The predicted molar refractivity (Wildman–Crippen MR) is 56.4 cm³/mol. The van der Waals surface area contributed by atoms with Crippen LogP contribution in [0, 0.1) is 0 Å². The molecule has 0 bridgehead atoms. The van der Waals surface area contributed by atoms with Gasteiger partial charge in [0.15, 0.2) is 0 Å². The molecule has 0 aliphatic rings. The highest BCUT2D eigenvalue weighted by atomic mass is 35.5. The van der Waals surface area contributed by atoms with Crippen LogP contribution >= 0.6 is 23.2 Å². The van der Waals surface area contributed by atoms with Crippen LogP contribution in [0.2, 0.25) is 10.0 Å². The van der Waals surface area contributed by atoms with E-state index in [1.165, 1.54) is 0 Å². The largest absolute Gasteiger partial charge is 0.274 e. The molecule has 0 aliphatic carbocycles. The second-order valence-electron chi connectivity index (χ2n) is 2.58. The summed E-state index contributed by atoms with van der Waals surface area (Å²) in [5.41, 5.74) is 0.577. The van der Waals surface area contributed by atoms with E-state index in [1.54, 1.807) is 18.2 Å². The van der Waals surface area contributed by atoms with Crippen LogP contribution < -0.4 is 9.86 Å². The fourth-order valence-electron chi connectivity index (χ4n) is 0.863. The van der Waals surface area contributed by atoms with Crippen LogP contribution in [0.1, 0.15) is 5.56 Å². The third-order valence-corrected chi connectivity index (χ3v) is 2.90. The summed E-state index contributed by atoms with van der Waals surface area (Å²) in [5.74, 6) is 0. The van der Waals surface area contributed by atoms with E-state index in [2.05, 4.69) is 4.72 Å². The van der Waals surface area contributed by atoms with Crippen molar-refractivity contribution >= 4 is 33.4 Å². The van der Waals surface area contributed by atoms with Gasteiger partial charge in [0.05, 0.1) is 10.0 Å². The smallest absolute Gasteiger partial charge is 0.216 e. The summed E-state index contributed by atoms with van der Waals surface area (Å²) in [5, 5.41) is 5.46. The van der Waals surface area contributed by atoms with E-state index in [0.717, 1.165) is 0 Å². The molecule has 0 saturated carbocycles. The highest BCUT2D eigenvalue weighted by molar-refractivity contribution is 7.87. The van der Waals surface area contributed by atoms with E-state index >= 15 is 0 Å². The molecule has 7 heteroatoms. The van der Waals surface area contributed by atoms with Crippen molar-refractivity contribution in [1.82, 2.24) is 4.72 Å². The van der Waals surface area contributed by atoms with Crippen molar-refractivity contribution < 1.29 is 8.42 Å². The van der Waals surface area contributed by atoms with Crippen molar-refractivity contribution in [3.05, 3.63) is 33.8 Å². The van der Waals surface area contributed by atoms with Crippen molar-refractivity contribution in [1.29, 1.82) is 0 Å². The van der Waals surface area contributed by atoms with E-state index in [4.69, 9.17) is 28.3 Å². The number of rotatable bonds is 3. The van der Waals surface area contributed by atoms with Gasteiger partial charge in [-0.15, -0.1) is 0 Å². The lowest BCUT2D eigenvalue weighted by Gasteiger charge is -2.05. The van der Waals surface area contributed by atoms with Gasteiger partial charge in [0.25, 0.3) is 10.2 Å². The van der Waals surface area contributed by atoms with Gasteiger partial charge in [0.2, 0.25) is 0 Å². The molecule has 1 rings (SSSR count). The Kier molecular flexibility index (Phi) is 3.74. The Bertz CT molecular complexity index is 433. The number of hydrogen-bond donors (Lipinski definition) is 2. The Balaban J connectivity index is 2.83. The van der Waals surface area contributed by atoms with Crippen LogP contribution in [-0.4, -0.2) is 8.42 Å². The third-order valence-electron chi connectivity index (χ3n) is 1.50. The number of nitrogens with one attached hydrogen (secondary N) is 1. The minimum Gasteiger partial charge on any atom is -0.216 e. The molecule has 0 aliphatic heterocycles. The quantitative estimate of drug-likeness (QED) is 0.854. The average Bonchev–Trinajstić information content (AvgIpc) is 2.06. The number of benzene rings is 1. The van der Waals surface area contributed by atoms with Crippen molar-refractivity contribution in [2.24, 2.45) is 5.14 Å². The summed E-state index contributed by atoms with van der Waals surface area (Å²) in [6.07, 6.45) is 0. The topological polar surface area (TPSA) is 72.2 Å². The minimum absolute atomic E-state index is 0.0260. The van der Waals surface area contributed by atoms with Gasteiger partial charge >= 0.3 is 0 Å². The monoisotopic (exact) mass is 254 g/mol. The number of nitrogens with two attached hydrogens (primary N) is 1. The van der Waals surface area contributed by atoms with Gasteiger partial charge in [0.1, 0.15) is 0 Å². The van der Waals surface area contributed by atoms with Gasteiger partial charge in [-0.3, -0.25) is 0 Å². The van der Waals surface area contributed by atoms with Crippen LogP contribution in [0.3, 0.4) is 0 Å². The summed E-state index contributed by atoms with van der Waals surface area (Å²) >= 11 is 11.5. The fourth-order valence-corrected chi connectivity index (χ4v) is 1.61. The molecule has 0 radical (unpaired) electrons. The summed E-state index contributed by atoms with van der Waals surface area (Å²) in [6.45, 7) is 0.0260. The lowest BCUT2D eigenvalue weighted by molar-refractivity contribution is 0.583. The van der Waals surface area contributed by atoms with Crippen LogP contribution in [0.5, 0.6) is 0 Å². The Morgan fingerprint density at radius 2 is 2.00 bits per heavy atom. The molecular weight excluding hydrogens is 247 g/mol. The van der Waals surface area contributed by atoms with Crippen LogP contribution in [-0.2, 0) is 16.8 Å². The first kappa shape index (κ1) is 11.7. The first-order valence-electron chi connectivity index (χ1n) is 3.60. The van der Waals surface area contributed by atoms with Crippen LogP contribution in [0.15, 0.2) is 18.2 Å².